The Labute approximate surface area is 116 Å². The fourth-order valence-electron chi connectivity index (χ4n) is 2.01. The van der Waals surface area contributed by atoms with E-state index >= 15 is 0 Å². The van der Waals surface area contributed by atoms with Crippen LogP contribution >= 0.6 is 11.6 Å². The zero-order valence-corrected chi connectivity index (χ0v) is 11.3. The van der Waals surface area contributed by atoms with Gasteiger partial charge in [-0.25, -0.2) is 0 Å². The van der Waals surface area contributed by atoms with Crippen LogP contribution in [0.3, 0.4) is 0 Å². The molecule has 0 saturated carbocycles. The van der Waals surface area contributed by atoms with Gasteiger partial charge in [0.05, 0.1) is 6.08 Å². The largest absolute Gasteiger partial charge is 0.398 e. The number of halogens is 1. The molecule has 0 radical (unpaired) electrons. The van der Waals surface area contributed by atoms with Gasteiger partial charge in [0.1, 0.15) is 7.05 Å². The summed E-state index contributed by atoms with van der Waals surface area (Å²) in [5, 5.41) is 0.742. The van der Waals surface area contributed by atoms with Crippen molar-refractivity contribution in [1.29, 1.82) is 0 Å². The van der Waals surface area contributed by atoms with Gasteiger partial charge in [0.25, 0.3) is 5.52 Å². The van der Waals surface area contributed by atoms with E-state index < -0.39 is 0 Å². The van der Waals surface area contributed by atoms with E-state index in [-0.39, 0.29) is 0 Å². The van der Waals surface area contributed by atoms with Crippen LogP contribution in [0.15, 0.2) is 52.9 Å². The Balaban J connectivity index is 1.97. The number of nitrogens with zero attached hydrogens (tertiary/aromatic N) is 1. The maximum atomic E-state index is 5.86. The summed E-state index contributed by atoms with van der Waals surface area (Å²) in [7, 11) is 1.99. The molecule has 2 nitrogen and oxygen atoms in total. The van der Waals surface area contributed by atoms with Crippen molar-refractivity contribution in [2.45, 2.75) is 0 Å². The number of rotatable bonds is 2. The van der Waals surface area contributed by atoms with E-state index in [4.69, 9.17) is 16.0 Å². The second kappa shape index (κ2) is 4.90. The molecule has 94 valence electrons. The second-order valence-electron chi connectivity index (χ2n) is 4.35. The molecule has 0 saturated heterocycles. The number of benzene rings is 2. The van der Waals surface area contributed by atoms with Crippen LogP contribution in [0.4, 0.5) is 0 Å². The van der Waals surface area contributed by atoms with Crippen molar-refractivity contribution in [3.63, 3.8) is 0 Å². The fraction of sp³-hybridized carbons (Fsp3) is 0.0625. The van der Waals surface area contributed by atoms with Gasteiger partial charge in [-0.05, 0) is 29.8 Å². The van der Waals surface area contributed by atoms with Crippen LogP contribution in [0, 0.1) is 0 Å². The van der Waals surface area contributed by atoms with Crippen LogP contribution in [0.25, 0.3) is 23.3 Å². The van der Waals surface area contributed by atoms with Crippen LogP contribution in [0.5, 0.6) is 0 Å². The molecule has 0 atom stereocenters. The van der Waals surface area contributed by atoms with Crippen molar-refractivity contribution >= 4 is 34.9 Å². The number of fused-ring (bicyclic) bond motifs is 1. The molecule has 3 heteroatoms. The second-order valence-corrected chi connectivity index (χ2v) is 4.79. The smallest absolute Gasteiger partial charge is 0.373 e. The third-order valence-electron chi connectivity index (χ3n) is 3.06. The monoisotopic (exact) mass is 270 g/mol. The molecule has 0 unspecified atom stereocenters. The third-order valence-corrected chi connectivity index (χ3v) is 3.31. The Bertz CT molecular complexity index is 741. The number of hydrogen-bond donors (Lipinski definition) is 0. The van der Waals surface area contributed by atoms with Crippen molar-refractivity contribution in [1.82, 2.24) is 0 Å². The summed E-state index contributed by atoms with van der Waals surface area (Å²) in [4.78, 5) is 0. The van der Waals surface area contributed by atoms with Gasteiger partial charge in [0.15, 0.2) is 0 Å². The Morgan fingerprint density at radius 3 is 2.47 bits per heavy atom. The predicted octanol–water partition coefficient (Wildman–Crippen LogP) is 4.08. The highest BCUT2D eigenvalue weighted by atomic mass is 35.5. The molecular weight excluding hydrogens is 258 g/mol. The number of aryl methyl sites for hydroxylation is 1. The summed E-state index contributed by atoms with van der Waals surface area (Å²) < 4.78 is 7.82. The lowest BCUT2D eigenvalue weighted by Gasteiger charge is -1.91. The van der Waals surface area contributed by atoms with E-state index in [0.29, 0.717) is 0 Å². The molecule has 0 aliphatic carbocycles. The van der Waals surface area contributed by atoms with Crippen LogP contribution in [-0.2, 0) is 7.05 Å². The summed E-state index contributed by atoms with van der Waals surface area (Å²) in [6, 6.07) is 15.7. The standard InChI is InChI=1S/C16H13ClNO/c1-18-14-4-2-3-5-15(14)19-16(18)11-8-12-6-9-13(17)10-7-12/h2-11H,1H3/q+1/b11-8+. The Morgan fingerprint density at radius 2 is 1.74 bits per heavy atom. The Kier molecular flexibility index (Phi) is 3.10. The van der Waals surface area contributed by atoms with E-state index in [1.807, 2.05) is 72.3 Å². The number of oxazole rings is 1. The highest BCUT2D eigenvalue weighted by Crippen LogP contribution is 2.15. The molecular formula is C16H13ClNO+. The molecule has 0 N–H and O–H groups in total. The summed E-state index contributed by atoms with van der Waals surface area (Å²) in [6.45, 7) is 0. The Morgan fingerprint density at radius 1 is 1.00 bits per heavy atom. The third kappa shape index (κ3) is 2.40. The average molecular weight is 271 g/mol. The summed E-state index contributed by atoms with van der Waals surface area (Å²) >= 11 is 5.86. The van der Waals surface area contributed by atoms with Crippen molar-refractivity contribution < 1.29 is 8.98 Å². The normalized spacial score (nSPS) is 11.5. The van der Waals surface area contributed by atoms with Gasteiger partial charge in [-0.15, -0.1) is 0 Å². The molecule has 3 aromatic rings. The van der Waals surface area contributed by atoms with Gasteiger partial charge >= 0.3 is 5.89 Å². The summed E-state index contributed by atoms with van der Waals surface area (Å²) in [5.41, 5.74) is 3.06. The molecule has 0 aliphatic rings. The molecule has 0 fully saturated rings. The van der Waals surface area contributed by atoms with Crippen LogP contribution < -0.4 is 4.57 Å². The van der Waals surface area contributed by atoms with Crippen molar-refractivity contribution in [3.05, 3.63) is 65.0 Å². The molecule has 0 spiro atoms. The molecule has 3 rings (SSSR count). The maximum absolute atomic E-state index is 5.86. The van der Waals surface area contributed by atoms with Crippen LogP contribution in [-0.4, -0.2) is 0 Å². The van der Waals surface area contributed by atoms with Crippen molar-refractivity contribution in [2.24, 2.45) is 7.05 Å². The average Bonchev–Trinajstić information content (AvgIpc) is 2.76. The molecule has 2 aromatic carbocycles. The minimum absolute atomic E-state index is 0.742. The van der Waals surface area contributed by atoms with Gasteiger partial charge in [-0.2, -0.15) is 4.57 Å². The van der Waals surface area contributed by atoms with Gasteiger partial charge < -0.3 is 4.42 Å². The van der Waals surface area contributed by atoms with Crippen LogP contribution in [0.1, 0.15) is 11.5 Å². The first-order valence-electron chi connectivity index (χ1n) is 6.05. The lowest BCUT2D eigenvalue weighted by Crippen LogP contribution is -2.29. The molecule has 0 aliphatic heterocycles. The topological polar surface area (TPSA) is 17.0 Å². The number of para-hydroxylation sites is 2. The SMILES string of the molecule is C[n+]1c(/C=C/c2ccc(Cl)cc2)oc2ccccc21. The first-order valence-corrected chi connectivity index (χ1v) is 6.43. The molecule has 0 amide bonds. The molecule has 0 bridgehead atoms. The van der Waals surface area contributed by atoms with Gasteiger partial charge in [-0.3, -0.25) is 0 Å². The van der Waals surface area contributed by atoms with Crippen LogP contribution in [0.2, 0.25) is 5.02 Å². The van der Waals surface area contributed by atoms with E-state index in [9.17, 15) is 0 Å². The molecule has 1 heterocycles. The predicted molar refractivity (Wildman–Crippen MR) is 77.8 cm³/mol. The number of hydrogen-bond acceptors (Lipinski definition) is 1. The number of aromatic nitrogens is 1. The van der Waals surface area contributed by atoms with E-state index in [1.165, 1.54) is 0 Å². The van der Waals surface area contributed by atoms with Gasteiger partial charge in [0.2, 0.25) is 5.58 Å². The van der Waals surface area contributed by atoms with Gasteiger partial charge in [0, 0.05) is 11.1 Å². The van der Waals surface area contributed by atoms with Crippen molar-refractivity contribution in [2.75, 3.05) is 0 Å². The van der Waals surface area contributed by atoms with E-state index in [0.717, 1.165) is 27.6 Å². The first-order chi connectivity index (χ1) is 9.24. The quantitative estimate of drug-likeness (QED) is 0.641. The highest BCUT2D eigenvalue weighted by molar-refractivity contribution is 6.30. The van der Waals surface area contributed by atoms with Gasteiger partial charge in [-0.1, -0.05) is 35.9 Å². The van der Waals surface area contributed by atoms with E-state index in [2.05, 4.69) is 0 Å². The summed E-state index contributed by atoms with van der Waals surface area (Å²) in [5.74, 6) is 0.816. The Hall–Kier alpha value is -2.06. The van der Waals surface area contributed by atoms with Crippen molar-refractivity contribution in [3.8, 4) is 0 Å². The van der Waals surface area contributed by atoms with E-state index in [1.54, 1.807) is 0 Å². The lowest BCUT2D eigenvalue weighted by atomic mass is 10.2. The zero-order chi connectivity index (χ0) is 13.2. The lowest BCUT2D eigenvalue weighted by molar-refractivity contribution is -0.651. The first kappa shape index (κ1) is 12.0. The maximum Gasteiger partial charge on any atom is 0.373 e. The fourth-order valence-corrected chi connectivity index (χ4v) is 2.13. The minimum Gasteiger partial charge on any atom is -0.398 e. The highest BCUT2D eigenvalue weighted by Gasteiger charge is 2.15. The minimum atomic E-state index is 0.742. The molecule has 1 aromatic heterocycles. The summed E-state index contributed by atoms with van der Waals surface area (Å²) in [6.07, 6.45) is 3.97. The zero-order valence-electron chi connectivity index (χ0n) is 10.5. The molecule has 19 heavy (non-hydrogen) atoms.